The summed E-state index contributed by atoms with van der Waals surface area (Å²) in [5.41, 5.74) is 4.18. The molecule has 0 fully saturated rings. The first-order valence-corrected chi connectivity index (χ1v) is 5.69. The van der Waals surface area contributed by atoms with Crippen molar-refractivity contribution in [3.05, 3.63) is 59.4 Å². The lowest BCUT2D eigenvalue weighted by atomic mass is 10.1. The average Bonchev–Trinajstić information content (AvgIpc) is 2.39. The second kappa shape index (κ2) is 5.66. The highest BCUT2D eigenvalue weighted by molar-refractivity contribution is 5.19. The van der Waals surface area contributed by atoms with E-state index in [-0.39, 0.29) is 11.9 Å². The molecule has 18 heavy (non-hydrogen) atoms. The van der Waals surface area contributed by atoms with Gasteiger partial charge in [0.1, 0.15) is 11.6 Å². The third-order valence-electron chi connectivity index (χ3n) is 2.70. The topological polar surface area (TPSA) is 63.8 Å². The number of nitrogens with zero attached hydrogens (tertiary/aromatic N) is 2. The van der Waals surface area contributed by atoms with Gasteiger partial charge < -0.3 is 0 Å². The number of hydrogen-bond acceptors (Lipinski definition) is 4. The molecule has 0 bridgehead atoms. The molecule has 3 N–H and O–H groups in total. The number of hydrogen-bond donors (Lipinski definition) is 2. The molecule has 1 aromatic carbocycles. The first-order chi connectivity index (χ1) is 8.70. The number of nitrogens with one attached hydrogen (secondary N) is 1. The van der Waals surface area contributed by atoms with E-state index >= 15 is 0 Å². The predicted molar refractivity (Wildman–Crippen MR) is 66.9 cm³/mol. The van der Waals surface area contributed by atoms with Crippen LogP contribution in [0.1, 0.15) is 23.0 Å². The summed E-state index contributed by atoms with van der Waals surface area (Å²) < 4.78 is 13.6. The molecular weight excluding hydrogens is 231 g/mol. The Balaban J connectivity index is 2.20. The van der Waals surface area contributed by atoms with Crippen LogP contribution in [0.2, 0.25) is 0 Å². The number of nitrogens with two attached hydrogens (primary N) is 1. The molecule has 2 aromatic rings. The second-order valence-corrected chi connectivity index (χ2v) is 4.13. The van der Waals surface area contributed by atoms with Gasteiger partial charge in [0.25, 0.3) is 0 Å². The maximum absolute atomic E-state index is 13.6. The van der Waals surface area contributed by atoms with Gasteiger partial charge in [-0.15, -0.1) is 0 Å². The van der Waals surface area contributed by atoms with Crippen LogP contribution in [0.4, 0.5) is 4.39 Å². The normalized spacial score (nSPS) is 12.4. The molecule has 0 aliphatic heterocycles. The molecule has 0 aliphatic rings. The molecular formula is C13H15FN4. The van der Waals surface area contributed by atoms with E-state index < -0.39 is 0 Å². The Labute approximate surface area is 105 Å². The van der Waals surface area contributed by atoms with Crippen molar-refractivity contribution in [2.24, 2.45) is 5.84 Å². The zero-order valence-corrected chi connectivity index (χ0v) is 10.1. The minimum Gasteiger partial charge on any atom is -0.271 e. The molecule has 5 heteroatoms. The molecule has 1 heterocycles. The number of aryl methyl sites for hydroxylation is 1. The molecule has 2 rings (SSSR count). The van der Waals surface area contributed by atoms with Gasteiger partial charge in [-0.1, -0.05) is 18.2 Å². The van der Waals surface area contributed by atoms with E-state index in [4.69, 9.17) is 5.84 Å². The van der Waals surface area contributed by atoms with Crippen LogP contribution in [-0.4, -0.2) is 9.97 Å². The fraction of sp³-hybridized carbons (Fsp3) is 0.231. The van der Waals surface area contributed by atoms with Gasteiger partial charge in [0, 0.05) is 12.4 Å². The van der Waals surface area contributed by atoms with Crippen LogP contribution in [0, 0.1) is 12.7 Å². The SMILES string of the molecule is Cc1cnc(C(Cc2ccccc2F)NN)nc1. The standard InChI is InChI=1S/C13H15FN4/c1-9-7-16-13(17-8-9)12(18-15)6-10-4-2-3-5-11(10)14/h2-5,7-8,12,18H,6,15H2,1H3. The van der Waals surface area contributed by atoms with E-state index in [1.165, 1.54) is 6.07 Å². The molecule has 0 aliphatic carbocycles. The predicted octanol–water partition coefficient (Wildman–Crippen LogP) is 1.67. The van der Waals surface area contributed by atoms with Gasteiger partial charge in [-0.3, -0.25) is 5.84 Å². The number of benzene rings is 1. The van der Waals surface area contributed by atoms with Crippen LogP contribution < -0.4 is 11.3 Å². The molecule has 0 saturated heterocycles. The van der Waals surface area contributed by atoms with Gasteiger partial charge in [-0.25, -0.2) is 19.8 Å². The Morgan fingerprint density at radius 3 is 2.56 bits per heavy atom. The highest BCUT2D eigenvalue weighted by Gasteiger charge is 2.15. The van der Waals surface area contributed by atoms with Crippen molar-refractivity contribution >= 4 is 0 Å². The first-order valence-electron chi connectivity index (χ1n) is 5.69. The molecule has 4 nitrogen and oxygen atoms in total. The summed E-state index contributed by atoms with van der Waals surface area (Å²) in [5.74, 6) is 5.80. The summed E-state index contributed by atoms with van der Waals surface area (Å²) in [6.45, 7) is 1.91. The van der Waals surface area contributed by atoms with E-state index in [2.05, 4.69) is 15.4 Å². The second-order valence-electron chi connectivity index (χ2n) is 4.13. The highest BCUT2D eigenvalue weighted by atomic mass is 19.1. The Bertz CT molecular complexity index is 513. The van der Waals surface area contributed by atoms with Crippen LogP contribution in [0.3, 0.4) is 0 Å². The van der Waals surface area contributed by atoms with Gasteiger partial charge in [-0.05, 0) is 30.5 Å². The Hall–Kier alpha value is -1.85. The van der Waals surface area contributed by atoms with Crippen LogP contribution >= 0.6 is 0 Å². The number of hydrazine groups is 1. The van der Waals surface area contributed by atoms with E-state index in [1.54, 1.807) is 30.6 Å². The van der Waals surface area contributed by atoms with Gasteiger partial charge >= 0.3 is 0 Å². The van der Waals surface area contributed by atoms with Gasteiger partial charge in [0.2, 0.25) is 0 Å². The van der Waals surface area contributed by atoms with Crippen molar-refractivity contribution in [3.63, 3.8) is 0 Å². The summed E-state index contributed by atoms with van der Waals surface area (Å²) in [6.07, 6.45) is 3.84. The molecule has 1 atom stereocenters. The minimum atomic E-state index is -0.303. The monoisotopic (exact) mass is 246 g/mol. The highest BCUT2D eigenvalue weighted by Crippen LogP contribution is 2.16. The van der Waals surface area contributed by atoms with Crippen molar-refractivity contribution in [1.29, 1.82) is 0 Å². The lowest BCUT2D eigenvalue weighted by molar-refractivity contribution is 0.506. The minimum absolute atomic E-state index is 0.245. The summed E-state index contributed by atoms with van der Waals surface area (Å²) in [6, 6.07) is 6.31. The maximum atomic E-state index is 13.6. The first kappa shape index (κ1) is 12.6. The maximum Gasteiger partial charge on any atom is 0.146 e. The van der Waals surface area contributed by atoms with Crippen molar-refractivity contribution in [2.75, 3.05) is 0 Å². The van der Waals surface area contributed by atoms with Crippen molar-refractivity contribution in [2.45, 2.75) is 19.4 Å². The third kappa shape index (κ3) is 2.88. The smallest absolute Gasteiger partial charge is 0.146 e. The molecule has 0 amide bonds. The van der Waals surface area contributed by atoms with E-state index in [9.17, 15) is 4.39 Å². The zero-order chi connectivity index (χ0) is 13.0. The fourth-order valence-corrected chi connectivity index (χ4v) is 1.69. The molecule has 94 valence electrons. The van der Waals surface area contributed by atoms with Gasteiger partial charge in [0.05, 0.1) is 6.04 Å². The Kier molecular flexibility index (Phi) is 3.96. The summed E-state index contributed by atoms with van der Waals surface area (Å²) in [5, 5.41) is 0. The summed E-state index contributed by atoms with van der Waals surface area (Å²) in [7, 11) is 0. The molecule has 0 spiro atoms. The lowest BCUT2D eigenvalue weighted by Crippen LogP contribution is -2.31. The summed E-state index contributed by atoms with van der Waals surface area (Å²) in [4.78, 5) is 8.40. The van der Waals surface area contributed by atoms with E-state index in [1.807, 2.05) is 6.92 Å². The average molecular weight is 246 g/mol. The quantitative estimate of drug-likeness (QED) is 0.636. The third-order valence-corrected chi connectivity index (χ3v) is 2.70. The van der Waals surface area contributed by atoms with Gasteiger partial charge in [-0.2, -0.15) is 0 Å². The lowest BCUT2D eigenvalue weighted by Gasteiger charge is -2.14. The number of rotatable bonds is 4. The van der Waals surface area contributed by atoms with Crippen LogP contribution in [0.5, 0.6) is 0 Å². The molecule has 0 radical (unpaired) electrons. The van der Waals surface area contributed by atoms with Crippen LogP contribution in [0.25, 0.3) is 0 Å². The van der Waals surface area contributed by atoms with Crippen molar-refractivity contribution in [3.8, 4) is 0 Å². The molecule has 0 saturated carbocycles. The van der Waals surface area contributed by atoms with Crippen molar-refractivity contribution < 1.29 is 4.39 Å². The number of halogens is 1. The van der Waals surface area contributed by atoms with Crippen LogP contribution in [-0.2, 0) is 6.42 Å². The molecule has 1 unspecified atom stereocenters. The molecule has 1 aromatic heterocycles. The summed E-state index contributed by atoms with van der Waals surface area (Å²) >= 11 is 0. The number of aromatic nitrogens is 2. The van der Waals surface area contributed by atoms with Crippen molar-refractivity contribution in [1.82, 2.24) is 15.4 Å². The van der Waals surface area contributed by atoms with Gasteiger partial charge in [0.15, 0.2) is 0 Å². The Morgan fingerprint density at radius 1 is 1.28 bits per heavy atom. The Morgan fingerprint density at radius 2 is 1.94 bits per heavy atom. The fourth-order valence-electron chi connectivity index (χ4n) is 1.69. The van der Waals surface area contributed by atoms with E-state index in [0.717, 1.165) is 5.56 Å². The van der Waals surface area contributed by atoms with Crippen LogP contribution in [0.15, 0.2) is 36.7 Å². The largest absolute Gasteiger partial charge is 0.271 e. The van der Waals surface area contributed by atoms with E-state index in [0.29, 0.717) is 17.8 Å². The zero-order valence-electron chi connectivity index (χ0n) is 10.1.